The van der Waals surface area contributed by atoms with Gasteiger partial charge in [-0.15, -0.1) is 0 Å². The number of rotatable bonds is 4. The van der Waals surface area contributed by atoms with Crippen LogP contribution in [-0.2, 0) is 16.0 Å². The fraction of sp³-hybridized carbons (Fsp3) is 0.474. The monoisotopic (exact) mass is 330 g/mol. The van der Waals surface area contributed by atoms with Gasteiger partial charge in [-0.05, 0) is 38.0 Å². The Morgan fingerprint density at radius 3 is 2.88 bits per heavy atom. The van der Waals surface area contributed by atoms with Crippen LogP contribution >= 0.6 is 0 Å². The van der Waals surface area contributed by atoms with Gasteiger partial charge in [-0.3, -0.25) is 4.79 Å². The molecule has 0 saturated heterocycles. The molecule has 5 nitrogen and oxygen atoms in total. The van der Waals surface area contributed by atoms with Gasteiger partial charge in [0.05, 0.1) is 0 Å². The van der Waals surface area contributed by atoms with Crippen molar-refractivity contribution in [3.8, 4) is 5.75 Å². The highest BCUT2D eigenvalue weighted by Gasteiger charge is 2.39. The number of hydrogen-bond acceptors (Lipinski definition) is 5. The van der Waals surface area contributed by atoms with Crippen molar-refractivity contribution in [1.82, 2.24) is 0 Å². The van der Waals surface area contributed by atoms with E-state index in [9.17, 15) is 9.59 Å². The zero-order valence-electron chi connectivity index (χ0n) is 14.3. The predicted octanol–water partition coefficient (Wildman–Crippen LogP) is 3.61. The summed E-state index contributed by atoms with van der Waals surface area (Å²) in [5, 5.41) is 0.827. The van der Waals surface area contributed by atoms with E-state index in [1.165, 1.54) is 6.07 Å². The lowest BCUT2D eigenvalue weighted by molar-refractivity contribution is -0.161. The third-order valence-electron chi connectivity index (χ3n) is 4.36. The van der Waals surface area contributed by atoms with Gasteiger partial charge in [-0.1, -0.05) is 13.3 Å². The molecule has 0 amide bonds. The van der Waals surface area contributed by atoms with E-state index in [4.69, 9.17) is 13.9 Å². The molecule has 1 atom stereocenters. The van der Waals surface area contributed by atoms with Gasteiger partial charge in [0.2, 0.25) is 0 Å². The number of carbonyl (C=O) groups is 1. The molecule has 1 aromatic carbocycles. The molecule has 0 bridgehead atoms. The van der Waals surface area contributed by atoms with Crippen molar-refractivity contribution >= 4 is 16.9 Å². The zero-order chi connectivity index (χ0) is 17.3. The molecule has 5 heteroatoms. The Labute approximate surface area is 140 Å². The summed E-state index contributed by atoms with van der Waals surface area (Å²) in [5.74, 6) is 0.483. The molecule has 1 aliphatic heterocycles. The molecule has 1 aliphatic rings. The highest BCUT2D eigenvalue weighted by Crippen LogP contribution is 2.37. The standard InChI is InChI=1S/C19H22O5/c1-4-5-6-17(20)23-16-10-13-9-12-7-8-18(21)22-14(12)11-15(13)24-19(16,2)3/h7-9,11,16H,4-6,10H2,1-3H3. The van der Waals surface area contributed by atoms with E-state index >= 15 is 0 Å². The zero-order valence-corrected chi connectivity index (χ0v) is 14.3. The lowest BCUT2D eigenvalue weighted by atomic mass is 9.90. The first-order chi connectivity index (χ1) is 11.4. The van der Waals surface area contributed by atoms with Crippen LogP contribution in [0.2, 0.25) is 0 Å². The molecule has 0 spiro atoms. The predicted molar refractivity (Wildman–Crippen MR) is 90.3 cm³/mol. The molecule has 0 saturated carbocycles. The number of fused-ring (bicyclic) bond motifs is 2. The Morgan fingerprint density at radius 1 is 1.33 bits per heavy atom. The highest BCUT2D eigenvalue weighted by molar-refractivity contribution is 5.79. The summed E-state index contributed by atoms with van der Waals surface area (Å²) in [7, 11) is 0. The fourth-order valence-corrected chi connectivity index (χ4v) is 2.92. The molecule has 2 heterocycles. The van der Waals surface area contributed by atoms with E-state index in [1.807, 2.05) is 26.8 Å². The molecule has 128 valence electrons. The number of ether oxygens (including phenoxy) is 2. The van der Waals surface area contributed by atoms with Crippen LogP contribution in [0.1, 0.15) is 45.6 Å². The normalized spacial score (nSPS) is 18.7. The molecule has 0 aliphatic carbocycles. The summed E-state index contributed by atoms with van der Waals surface area (Å²) >= 11 is 0. The van der Waals surface area contributed by atoms with Crippen molar-refractivity contribution in [3.05, 3.63) is 40.2 Å². The Hall–Kier alpha value is -2.30. The second-order valence-corrected chi connectivity index (χ2v) is 6.74. The van der Waals surface area contributed by atoms with E-state index < -0.39 is 5.60 Å². The van der Waals surface area contributed by atoms with Crippen LogP contribution in [-0.4, -0.2) is 17.7 Å². The van der Waals surface area contributed by atoms with Crippen LogP contribution in [0.15, 0.2) is 33.5 Å². The van der Waals surface area contributed by atoms with Gasteiger partial charge in [0.15, 0.2) is 0 Å². The minimum absolute atomic E-state index is 0.186. The first kappa shape index (κ1) is 16.6. The first-order valence-corrected chi connectivity index (χ1v) is 8.34. The summed E-state index contributed by atoms with van der Waals surface area (Å²) in [6.07, 6.45) is 2.45. The highest BCUT2D eigenvalue weighted by atomic mass is 16.6. The third-order valence-corrected chi connectivity index (χ3v) is 4.36. The smallest absolute Gasteiger partial charge is 0.336 e. The van der Waals surface area contributed by atoms with Crippen LogP contribution < -0.4 is 10.4 Å². The van der Waals surface area contributed by atoms with Crippen LogP contribution in [0.4, 0.5) is 0 Å². The van der Waals surface area contributed by atoms with Crippen LogP contribution in [0.25, 0.3) is 11.0 Å². The minimum atomic E-state index is -0.641. The van der Waals surface area contributed by atoms with Gasteiger partial charge < -0.3 is 13.9 Å². The second-order valence-electron chi connectivity index (χ2n) is 6.74. The molecule has 1 unspecified atom stereocenters. The summed E-state index contributed by atoms with van der Waals surface area (Å²) in [6, 6.07) is 6.78. The van der Waals surface area contributed by atoms with E-state index in [2.05, 4.69) is 0 Å². The van der Waals surface area contributed by atoms with Crippen LogP contribution in [0.3, 0.4) is 0 Å². The molecule has 3 rings (SSSR count). The van der Waals surface area contributed by atoms with Crippen molar-refractivity contribution in [2.75, 3.05) is 0 Å². The molecule has 0 N–H and O–H groups in total. The van der Waals surface area contributed by atoms with E-state index in [0.29, 0.717) is 24.2 Å². The van der Waals surface area contributed by atoms with E-state index in [-0.39, 0.29) is 17.7 Å². The van der Waals surface area contributed by atoms with Crippen molar-refractivity contribution in [3.63, 3.8) is 0 Å². The van der Waals surface area contributed by atoms with Crippen molar-refractivity contribution in [2.45, 2.75) is 58.2 Å². The Morgan fingerprint density at radius 2 is 2.12 bits per heavy atom. The van der Waals surface area contributed by atoms with Gasteiger partial charge in [0.25, 0.3) is 0 Å². The van der Waals surface area contributed by atoms with Crippen molar-refractivity contribution in [2.24, 2.45) is 0 Å². The summed E-state index contributed by atoms with van der Waals surface area (Å²) in [4.78, 5) is 23.4. The number of esters is 1. The lowest BCUT2D eigenvalue weighted by Crippen LogP contribution is -2.48. The third kappa shape index (κ3) is 3.30. The molecule has 0 radical (unpaired) electrons. The average molecular weight is 330 g/mol. The Bertz CT molecular complexity index is 818. The molecule has 2 aromatic rings. The van der Waals surface area contributed by atoms with Crippen molar-refractivity contribution in [1.29, 1.82) is 0 Å². The molecular weight excluding hydrogens is 308 g/mol. The molecule has 24 heavy (non-hydrogen) atoms. The largest absolute Gasteiger partial charge is 0.484 e. The van der Waals surface area contributed by atoms with E-state index in [1.54, 1.807) is 12.1 Å². The van der Waals surface area contributed by atoms with Gasteiger partial charge in [0.1, 0.15) is 23.0 Å². The summed E-state index contributed by atoms with van der Waals surface area (Å²) < 4.78 is 16.9. The maximum atomic E-state index is 12.0. The molecule has 0 fully saturated rings. The number of carbonyl (C=O) groups excluding carboxylic acids is 1. The average Bonchev–Trinajstić information content (AvgIpc) is 2.51. The van der Waals surface area contributed by atoms with Crippen LogP contribution in [0.5, 0.6) is 5.75 Å². The number of hydrogen-bond donors (Lipinski definition) is 0. The second kappa shape index (κ2) is 6.30. The Kier molecular flexibility index (Phi) is 4.35. The van der Waals surface area contributed by atoms with Crippen LogP contribution in [0, 0.1) is 0 Å². The minimum Gasteiger partial charge on any atom is -0.484 e. The maximum Gasteiger partial charge on any atom is 0.336 e. The van der Waals surface area contributed by atoms with Crippen molar-refractivity contribution < 1.29 is 18.7 Å². The Balaban J connectivity index is 1.89. The topological polar surface area (TPSA) is 65.7 Å². The summed E-state index contributed by atoms with van der Waals surface area (Å²) in [5.41, 5.74) is 0.414. The van der Waals surface area contributed by atoms with Gasteiger partial charge >= 0.3 is 11.6 Å². The van der Waals surface area contributed by atoms with Gasteiger partial charge in [0, 0.05) is 30.4 Å². The van der Waals surface area contributed by atoms with E-state index in [0.717, 1.165) is 23.8 Å². The number of benzene rings is 1. The quantitative estimate of drug-likeness (QED) is 0.633. The first-order valence-electron chi connectivity index (χ1n) is 8.34. The summed E-state index contributed by atoms with van der Waals surface area (Å²) in [6.45, 7) is 5.85. The van der Waals surface area contributed by atoms with Gasteiger partial charge in [-0.25, -0.2) is 4.79 Å². The molecule has 1 aromatic heterocycles. The maximum absolute atomic E-state index is 12.0. The lowest BCUT2D eigenvalue weighted by Gasteiger charge is -2.39. The molecular formula is C19H22O5. The fourth-order valence-electron chi connectivity index (χ4n) is 2.92. The SMILES string of the molecule is CCCCC(=O)OC1Cc2cc3ccc(=O)oc3cc2OC1(C)C. The van der Waals surface area contributed by atoms with Gasteiger partial charge in [-0.2, -0.15) is 0 Å². The number of unbranched alkanes of at least 4 members (excludes halogenated alkanes) is 1.